The molecule has 2 aromatic carbocycles. The zero-order chi connectivity index (χ0) is 21.4. The summed E-state index contributed by atoms with van der Waals surface area (Å²) in [6.45, 7) is 0.240. The number of benzene rings is 2. The van der Waals surface area contributed by atoms with Crippen LogP contribution in [-0.4, -0.2) is 15.9 Å². The third-order valence-corrected chi connectivity index (χ3v) is 6.26. The summed E-state index contributed by atoms with van der Waals surface area (Å²) in [5, 5.41) is 0.945. The van der Waals surface area contributed by atoms with Crippen molar-refractivity contribution < 1.29 is 9.21 Å². The van der Waals surface area contributed by atoms with Crippen molar-refractivity contribution in [1.29, 1.82) is 0 Å². The molecule has 0 atom stereocenters. The lowest BCUT2D eigenvalue weighted by molar-refractivity contribution is 0.0959. The monoisotopic (exact) mass is 491 g/mol. The fourth-order valence-corrected chi connectivity index (χ4v) is 4.76. The van der Waals surface area contributed by atoms with E-state index in [0.29, 0.717) is 16.1 Å². The minimum Gasteiger partial charge on any atom is -0.451 e. The van der Waals surface area contributed by atoms with Gasteiger partial charge >= 0.3 is 0 Å². The number of hydrogen-bond donors (Lipinski definition) is 0. The van der Waals surface area contributed by atoms with Crippen LogP contribution < -0.4 is 10.3 Å². The molecule has 0 N–H and O–H groups in total. The number of rotatable bonds is 4. The van der Waals surface area contributed by atoms with Crippen LogP contribution in [0.4, 0.5) is 5.13 Å². The van der Waals surface area contributed by atoms with Crippen LogP contribution in [0.5, 0.6) is 0 Å². The first-order chi connectivity index (χ1) is 15.1. The van der Waals surface area contributed by atoms with E-state index in [1.165, 1.54) is 22.3 Å². The van der Waals surface area contributed by atoms with Gasteiger partial charge < -0.3 is 4.42 Å². The van der Waals surface area contributed by atoms with Crippen LogP contribution in [0.3, 0.4) is 0 Å². The van der Waals surface area contributed by atoms with Gasteiger partial charge in [-0.2, -0.15) is 0 Å². The molecule has 0 radical (unpaired) electrons. The summed E-state index contributed by atoms with van der Waals surface area (Å²) in [6, 6.07) is 17.6. The molecule has 3 aromatic heterocycles. The minimum atomic E-state index is -0.440. The number of carbonyl (C=O) groups is 1. The predicted octanol–water partition coefficient (Wildman–Crippen LogP) is 5.41. The Hall–Kier alpha value is -3.36. The van der Waals surface area contributed by atoms with Gasteiger partial charge in [-0.25, -0.2) is 4.98 Å². The second-order valence-corrected chi connectivity index (χ2v) is 8.76. The van der Waals surface area contributed by atoms with Crippen molar-refractivity contribution in [2.45, 2.75) is 6.54 Å². The van der Waals surface area contributed by atoms with Crippen molar-refractivity contribution in [2.75, 3.05) is 4.90 Å². The summed E-state index contributed by atoms with van der Waals surface area (Å²) < 4.78 is 7.67. The van der Waals surface area contributed by atoms with Gasteiger partial charge in [-0.15, -0.1) is 0 Å². The second kappa shape index (κ2) is 8.05. The van der Waals surface area contributed by atoms with Crippen LogP contribution in [0.25, 0.3) is 21.2 Å². The molecule has 0 fully saturated rings. The Balaban J connectivity index is 1.62. The lowest BCUT2D eigenvalue weighted by atomic mass is 10.2. The first-order valence-corrected chi connectivity index (χ1v) is 11.0. The zero-order valence-electron chi connectivity index (χ0n) is 16.0. The molecule has 0 saturated heterocycles. The van der Waals surface area contributed by atoms with Crippen LogP contribution in [-0.2, 0) is 6.54 Å². The Morgan fingerprint density at radius 1 is 1.10 bits per heavy atom. The molecule has 6 nitrogen and oxygen atoms in total. The zero-order valence-corrected chi connectivity index (χ0v) is 18.4. The van der Waals surface area contributed by atoms with Gasteiger partial charge in [0, 0.05) is 22.9 Å². The molecule has 31 heavy (non-hydrogen) atoms. The van der Waals surface area contributed by atoms with Crippen LogP contribution in [0, 0.1) is 0 Å². The van der Waals surface area contributed by atoms with Gasteiger partial charge in [-0.1, -0.05) is 45.5 Å². The van der Waals surface area contributed by atoms with E-state index in [1.54, 1.807) is 36.7 Å². The molecule has 0 aliphatic rings. The van der Waals surface area contributed by atoms with Gasteiger partial charge in [-0.3, -0.25) is 19.5 Å². The highest BCUT2D eigenvalue weighted by Crippen LogP contribution is 2.32. The molecule has 5 aromatic rings. The summed E-state index contributed by atoms with van der Waals surface area (Å²) in [5.74, 6) is -0.474. The number of pyridine rings is 1. The second-order valence-electron chi connectivity index (χ2n) is 6.83. The van der Waals surface area contributed by atoms with Crippen LogP contribution in [0.15, 0.2) is 86.7 Å². The smallest absolute Gasteiger partial charge is 0.296 e. The number of aromatic nitrogens is 2. The number of hydrogen-bond acceptors (Lipinski definition) is 6. The first kappa shape index (κ1) is 19.6. The number of para-hydroxylation sites is 1. The van der Waals surface area contributed by atoms with Gasteiger partial charge in [0.2, 0.25) is 0 Å². The third-order valence-electron chi connectivity index (χ3n) is 4.72. The van der Waals surface area contributed by atoms with E-state index < -0.39 is 5.91 Å². The Morgan fingerprint density at radius 3 is 2.81 bits per heavy atom. The molecule has 1 amide bonds. The van der Waals surface area contributed by atoms with E-state index in [-0.39, 0.29) is 17.7 Å². The van der Waals surface area contributed by atoms with Gasteiger partial charge in [-0.05, 0) is 42.0 Å². The fraction of sp³-hybridized carbons (Fsp3) is 0.0435. The quantitative estimate of drug-likeness (QED) is 0.336. The Labute approximate surface area is 188 Å². The molecule has 3 heterocycles. The first-order valence-electron chi connectivity index (χ1n) is 9.38. The van der Waals surface area contributed by atoms with Crippen molar-refractivity contribution in [3.8, 4) is 0 Å². The maximum atomic E-state index is 13.5. The fourth-order valence-electron chi connectivity index (χ4n) is 3.24. The average Bonchev–Trinajstić information content (AvgIpc) is 3.20. The average molecular weight is 492 g/mol. The summed E-state index contributed by atoms with van der Waals surface area (Å²) >= 11 is 4.86. The summed E-state index contributed by atoms with van der Waals surface area (Å²) in [4.78, 5) is 36.4. The third kappa shape index (κ3) is 3.87. The topological polar surface area (TPSA) is 76.3 Å². The largest absolute Gasteiger partial charge is 0.451 e. The number of thiazole rings is 1. The molecular formula is C23H14BrN3O3S. The maximum absolute atomic E-state index is 13.5. The summed E-state index contributed by atoms with van der Waals surface area (Å²) in [7, 11) is 0. The van der Waals surface area contributed by atoms with Crippen molar-refractivity contribution in [1.82, 2.24) is 9.97 Å². The normalized spacial score (nSPS) is 11.1. The molecular weight excluding hydrogens is 478 g/mol. The molecule has 0 unspecified atom stereocenters. The lowest BCUT2D eigenvalue weighted by Crippen LogP contribution is -2.31. The highest BCUT2D eigenvalue weighted by molar-refractivity contribution is 9.10. The van der Waals surface area contributed by atoms with Gasteiger partial charge in [0.15, 0.2) is 16.3 Å². The van der Waals surface area contributed by atoms with Crippen molar-refractivity contribution >= 4 is 59.5 Å². The van der Waals surface area contributed by atoms with Crippen molar-refractivity contribution in [3.63, 3.8) is 0 Å². The van der Waals surface area contributed by atoms with Crippen LogP contribution >= 0.6 is 27.3 Å². The molecule has 0 spiro atoms. The number of nitrogens with zero attached hydrogens (tertiary/aromatic N) is 3. The van der Waals surface area contributed by atoms with E-state index in [2.05, 4.69) is 25.9 Å². The Bertz CT molecular complexity index is 1480. The molecule has 0 aliphatic carbocycles. The number of anilines is 1. The predicted molar refractivity (Wildman–Crippen MR) is 125 cm³/mol. The van der Waals surface area contributed by atoms with E-state index in [0.717, 1.165) is 20.3 Å². The minimum absolute atomic E-state index is 0.0342. The SMILES string of the molecule is O=C(c1cc(=O)c2ccccc2o1)N(Cc1cccnc1)c1nc2ccc(Br)cc2s1. The van der Waals surface area contributed by atoms with Crippen LogP contribution in [0.2, 0.25) is 0 Å². The number of carbonyl (C=O) groups excluding carboxylic acids is 1. The highest BCUT2D eigenvalue weighted by atomic mass is 79.9. The highest BCUT2D eigenvalue weighted by Gasteiger charge is 2.25. The Kier molecular flexibility index (Phi) is 5.09. The van der Waals surface area contributed by atoms with Gasteiger partial charge in [0.25, 0.3) is 5.91 Å². The Morgan fingerprint density at radius 2 is 1.97 bits per heavy atom. The van der Waals surface area contributed by atoms with Crippen molar-refractivity contribution in [2.24, 2.45) is 0 Å². The lowest BCUT2D eigenvalue weighted by Gasteiger charge is -2.19. The van der Waals surface area contributed by atoms with Crippen LogP contribution in [0.1, 0.15) is 16.1 Å². The van der Waals surface area contributed by atoms with Gasteiger partial charge in [0.05, 0.1) is 22.1 Å². The van der Waals surface area contributed by atoms with E-state index in [1.807, 2.05) is 30.3 Å². The molecule has 0 saturated carbocycles. The van der Waals surface area contributed by atoms with Crippen molar-refractivity contribution in [3.05, 3.63) is 99.1 Å². The molecule has 8 heteroatoms. The summed E-state index contributed by atoms with van der Waals surface area (Å²) in [5.41, 5.74) is 1.72. The van der Waals surface area contributed by atoms with E-state index in [9.17, 15) is 9.59 Å². The van der Waals surface area contributed by atoms with E-state index in [4.69, 9.17) is 4.42 Å². The summed E-state index contributed by atoms with van der Waals surface area (Å²) in [6.07, 6.45) is 3.37. The molecule has 5 rings (SSSR count). The number of amides is 1. The standard InChI is InChI=1S/C23H14BrN3O3S/c24-15-7-8-17-21(10-15)31-23(26-17)27(13-14-4-3-9-25-12-14)22(29)20-11-18(28)16-5-1-2-6-19(16)30-20/h1-12H,13H2. The van der Waals surface area contributed by atoms with E-state index >= 15 is 0 Å². The molecule has 0 aliphatic heterocycles. The maximum Gasteiger partial charge on any atom is 0.296 e. The molecule has 152 valence electrons. The van der Waals surface area contributed by atoms with Gasteiger partial charge in [0.1, 0.15) is 5.58 Å². The number of halogens is 1. The molecule has 0 bridgehead atoms. The number of fused-ring (bicyclic) bond motifs is 2.